The van der Waals surface area contributed by atoms with Gasteiger partial charge in [-0.2, -0.15) is 9.97 Å². The number of nitrogens with one attached hydrogen (secondary N) is 1. The molecule has 1 aliphatic heterocycles. The lowest BCUT2D eigenvalue weighted by Gasteiger charge is -2.19. The molecule has 0 fully saturated rings. The molecule has 0 aliphatic carbocycles. The highest BCUT2D eigenvalue weighted by Crippen LogP contribution is 2.36. The minimum atomic E-state index is 0.136. The largest absolute Gasteiger partial charge is 0.492 e. The highest BCUT2D eigenvalue weighted by Gasteiger charge is 2.19. The molecule has 0 spiro atoms. The zero-order chi connectivity index (χ0) is 21.3. The van der Waals surface area contributed by atoms with Gasteiger partial charge in [-0.1, -0.05) is 13.8 Å². The van der Waals surface area contributed by atoms with Gasteiger partial charge in [-0.05, 0) is 64.4 Å². The second-order valence-corrected chi connectivity index (χ2v) is 10.2. The summed E-state index contributed by atoms with van der Waals surface area (Å²) in [4.78, 5) is 14.5. The molecule has 3 heterocycles. The number of aromatic nitrogens is 4. The van der Waals surface area contributed by atoms with E-state index in [2.05, 4.69) is 68.4 Å². The van der Waals surface area contributed by atoms with Crippen molar-refractivity contribution in [2.24, 2.45) is 5.92 Å². The van der Waals surface area contributed by atoms with Crippen LogP contribution in [0.15, 0.2) is 17.0 Å². The molecule has 0 bridgehead atoms. The summed E-state index contributed by atoms with van der Waals surface area (Å²) in [5.74, 6) is 3.72. The average Bonchev–Trinajstić information content (AvgIpc) is 3.03. The number of imidazole rings is 1. The van der Waals surface area contributed by atoms with Gasteiger partial charge in [0.05, 0.1) is 11.5 Å². The van der Waals surface area contributed by atoms with E-state index in [1.165, 1.54) is 14.0 Å². The van der Waals surface area contributed by atoms with Crippen LogP contribution in [0, 0.1) is 9.49 Å². The first-order valence-electron chi connectivity index (χ1n) is 9.89. The number of ether oxygens (including phenoxy) is 1. The van der Waals surface area contributed by atoms with Gasteiger partial charge in [-0.15, -0.1) is 11.8 Å². The maximum Gasteiger partial charge on any atom is 0.226 e. The van der Waals surface area contributed by atoms with Crippen LogP contribution in [0.4, 0.5) is 5.82 Å². The van der Waals surface area contributed by atoms with Crippen molar-refractivity contribution in [2.75, 3.05) is 31.2 Å². The monoisotopic (exact) mass is 558 g/mol. The van der Waals surface area contributed by atoms with Gasteiger partial charge in [0, 0.05) is 28.8 Å². The number of fused-ring (bicyclic) bond motifs is 2. The van der Waals surface area contributed by atoms with Crippen molar-refractivity contribution < 1.29 is 4.74 Å². The minimum absolute atomic E-state index is 0.136. The Morgan fingerprint density at radius 3 is 2.97 bits per heavy atom. The molecule has 10 heteroatoms. The third kappa shape index (κ3) is 4.79. The van der Waals surface area contributed by atoms with E-state index in [9.17, 15) is 0 Å². The molecule has 3 N–H and O–H groups in total. The molecule has 0 saturated carbocycles. The van der Waals surface area contributed by atoms with Crippen LogP contribution in [-0.4, -0.2) is 45.0 Å². The lowest BCUT2D eigenvalue weighted by Crippen LogP contribution is -2.25. The molecule has 7 nitrogen and oxygen atoms in total. The predicted octanol–water partition coefficient (Wildman–Crippen LogP) is 3.99. The molecule has 30 heavy (non-hydrogen) atoms. The quantitative estimate of drug-likeness (QED) is 0.257. The van der Waals surface area contributed by atoms with Crippen LogP contribution >= 0.6 is 46.0 Å². The van der Waals surface area contributed by atoms with Crippen LogP contribution in [0.1, 0.15) is 25.2 Å². The number of nitrogens with two attached hydrogens (primary N) is 1. The number of halogens is 2. The van der Waals surface area contributed by atoms with Crippen molar-refractivity contribution in [3.05, 3.63) is 32.4 Å². The van der Waals surface area contributed by atoms with E-state index in [1.54, 1.807) is 0 Å². The van der Waals surface area contributed by atoms with Gasteiger partial charge >= 0.3 is 0 Å². The van der Waals surface area contributed by atoms with Crippen molar-refractivity contribution in [1.29, 1.82) is 0 Å². The smallest absolute Gasteiger partial charge is 0.226 e. The predicted molar refractivity (Wildman–Crippen MR) is 131 cm³/mol. The normalized spacial score (nSPS) is 13.6. The summed E-state index contributed by atoms with van der Waals surface area (Å²) in [5, 5.41) is 3.62. The first kappa shape index (κ1) is 21.9. The van der Waals surface area contributed by atoms with Gasteiger partial charge in [0.2, 0.25) is 5.28 Å². The van der Waals surface area contributed by atoms with E-state index in [0.717, 1.165) is 43.6 Å². The fraction of sp³-hybridized carbons (Fsp3) is 0.450. The Bertz CT molecular complexity index is 1070. The van der Waals surface area contributed by atoms with Crippen LogP contribution in [0.3, 0.4) is 0 Å². The zero-order valence-electron chi connectivity index (χ0n) is 16.9. The summed E-state index contributed by atoms with van der Waals surface area (Å²) < 4.78 is 9.15. The Labute approximate surface area is 198 Å². The molecule has 0 unspecified atom stereocenters. The number of hydrogen-bond acceptors (Lipinski definition) is 7. The van der Waals surface area contributed by atoms with Crippen molar-refractivity contribution in [1.82, 2.24) is 24.8 Å². The van der Waals surface area contributed by atoms with Crippen molar-refractivity contribution >= 4 is 62.9 Å². The zero-order valence-corrected chi connectivity index (χ0v) is 20.6. The number of nitrogens with zero attached hydrogens (tertiary/aromatic N) is 4. The molecule has 4 rings (SSSR count). The lowest BCUT2D eigenvalue weighted by atomic mass is 10.1. The number of hydrogen-bond donors (Lipinski definition) is 2. The van der Waals surface area contributed by atoms with Gasteiger partial charge in [-0.3, -0.25) is 0 Å². The summed E-state index contributed by atoms with van der Waals surface area (Å²) in [6.07, 6.45) is 0.650. The Morgan fingerprint density at radius 1 is 1.33 bits per heavy atom. The van der Waals surface area contributed by atoms with Crippen molar-refractivity contribution in [2.45, 2.75) is 31.7 Å². The standard InChI is InChI=1S/C20H24ClIN6OS/c1-11(2)10-24-3-4-28-16(25-17-18(23)26-20(21)27-19(17)28)8-12-7-14-15(9-13(12)22)30-6-5-29-14/h7,9,11,24H,3-6,8,10H2,1-2H3,(H2,23,26,27). The fourth-order valence-corrected chi connectivity index (χ4v) is 5.29. The molecule has 160 valence electrons. The van der Waals surface area contributed by atoms with E-state index in [0.29, 0.717) is 29.3 Å². The molecule has 2 aromatic heterocycles. The topological polar surface area (TPSA) is 90.9 Å². The van der Waals surface area contributed by atoms with Gasteiger partial charge in [0.1, 0.15) is 11.6 Å². The maximum atomic E-state index is 6.10. The number of nitrogen functional groups attached to an aromatic ring is 1. The van der Waals surface area contributed by atoms with Crippen molar-refractivity contribution in [3.63, 3.8) is 0 Å². The number of anilines is 1. The van der Waals surface area contributed by atoms with Crippen LogP contribution in [0.25, 0.3) is 11.2 Å². The third-order valence-electron chi connectivity index (χ3n) is 4.80. The van der Waals surface area contributed by atoms with Gasteiger partial charge in [-0.25, -0.2) is 4.98 Å². The lowest BCUT2D eigenvalue weighted by molar-refractivity contribution is 0.329. The van der Waals surface area contributed by atoms with E-state index in [1.807, 2.05) is 11.8 Å². The van der Waals surface area contributed by atoms with Gasteiger partial charge in [0.15, 0.2) is 17.0 Å². The molecule has 0 atom stereocenters. The Morgan fingerprint density at radius 2 is 2.17 bits per heavy atom. The molecule has 1 aliphatic rings. The average molecular weight is 559 g/mol. The minimum Gasteiger partial charge on any atom is -0.492 e. The molecule has 3 aromatic rings. The molecule has 0 saturated heterocycles. The van der Waals surface area contributed by atoms with Crippen LogP contribution in [0.2, 0.25) is 5.28 Å². The first-order chi connectivity index (χ1) is 14.4. The number of rotatable bonds is 7. The van der Waals surface area contributed by atoms with E-state index in [-0.39, 0.29) is 5.28 Å². The SMILES string of the molecule is CC(C)CNCCn1c(Cc2cc3c(cc2I)SCCO3)nc2c(N)nc(Cl)nc21. The van der Waals surface area contributed by atoms with Gasteiger partial charge < -0.3 is 20.4 Å². The Kier molecular flexibility index (Phi) is 6.91. The van der Waals surface area contributed by atoms with E-state index < -0.39 is 0 Å². The second-order valence-electron chi connectivity index (χ2n) is 7.59. The summed E-state index contributed by atoms with van der Waals surface area (Å²) in [7, 11) is 0. The molecular weight excluding hydrogens is 535 g/mol. The van der Waals surface area contributed by atoms with E-state index in [4.69, 9.17) is 27.1 Å². The molecule has 1 aromatic carbocycles. The highest BCUT2D eigenvalue weighted by atomic mass is 127. The van der Waals surface area contributed by atoms with Crippen LogP contribution in [-0.2, 0) is 13.0 Å². The second kappa shape index (κ2) is 9.46. The van der Waals surface area contributed by atoms with E-state index >= 15 is 0 Å². The van der Waals surface area contributed by atoms with Crippen LogP contribution < -0.4 is 15.8 Å². The fourth-order valence-electron chi connectivity index (χ4n) is 3.40. The summed E-state index contributed by atoms with van der Waals surface area (Å²) in [6, 6.07) is 4.32. The third-order valence-corrected chi connectivity index (χ3v) is 6.97. The molecule has 0 radical (unpaired) electrons. The summed E-state index contributed by atoms with van der Waals surface area (Å²) >= 11 is 10.3. The van der Waals surface area contributed by atoms with Gasteiger partial charge in [0.25, 0.3) is 0 Å². The maximum absolute atomic E-state index is 6.10. The Balaban J connectivity index is 1.69. The summed E-state index contributed by atoms with van der Waals surface area (Å²) in [5.41, 5.74) is 8.53. The summed E-state index contributed by atoms with van der Waals surface area (Å²) in [6.45, 7) is 7.60. The number of thioether (sulfide) groups is 1. The first-order valence-corrected chi connectivity index (χ1v) is 12.3. The molecule has 0 amide bonds. The van der Waals surface area contributed by atoms with Crippen molar-refractivity contribution in [3.8, 4) is 5.75 Å². The van der Waals surface area contributed by atoms with Crippen LogP contribution in [0.5, 0.6) is 5.75 Å². The molecular formula is C20H24ClIN6OS. The Hall–Kier alpha value is -1.30. The highest BCUT2D eigenvalue weighted by molar-refractivity contribution is 14.1. The number of benzene rings is 1.